The number of nitrogens with one attached hydrogen (secondary N) is 1. The fourth-order valence-electron chi connectivity index (χ4n) is 4.95. The number of carbonyl (C=O) groups excluding carboxylic acids is 2. The van der Waals surface area contributed by atoms with Crippen molar-refractivity contribution in [3.8, 4) is 0 Å². The third kappa shape index (κ3) is 3.86. The lowest BCUT2D eigenvalue weighted by Gasteiger charge is -2.39. The molecule has 2 bridgehead atoms. The van der Waals surface area contributed by atoms with Crippen LogP contribution in [0, 0.1) is 11.7 Å². The molecule has 3 unspecified atom stereocenters. The van der Waals surface area contributed by atoms with Crippen molar-refractivity contribution in [3.05, 3.63) is 35.6 Å². The molecule has 2 amide bonds. The van der Waals surface area contributed by atoms with E-state index in [4.69, 9.17) is 0 Å². The molecule has 5 nitrogen and oxygen atoms in total. The van der Waals surface area contributed by atoms with Crippen molar-refractivity contribution in [2.75, 3.05) is 20.1 Å². The summed E-state index contributed by atoms with van der Waals surface area (Å²) in [7, 11) is 1.93. The molecular weight excluding hydrogens is 345 g/mol. The summed E-state index contributed by atoms with van der Waals surface area (Å²) < 4.78 is 13.1. The van der Waals surface area contributed by atoms with Gasteiger partial charge in [-0.25, -0.2) is 4.39 Å². The topological polar surface area (TPSA) is 52.7 Å². The summed E-state index contributed by atoms with van der Waals surface area (Å²) in [5.41, 5.74) is 0.479. The molecule has 3 aliphatic rings. The van der Waals surface area contributed by atoms with Crippen molar-refractivity contribution in [1.82, 2.24) is 15.1 Å². The lowest BCUT2D eigenvalue weighted by atomic mass is 9.93. The van der Waals surface area contributed by atoms with Crippen molar-refractivity contribution < 1.29 is 14.0 Å². The molecule has 0 aromatic heterocycles. The van der Waals surface area contributed by atoms with Crippen LogP contribution in [0.4, 0.5) is 4.39 Å². The maximum atomic E-state index is 13.1. The van der Waals surface area contributed by atoms with Gasteiger partial charge in [-0.3, -0.25) is 9.59 Å². The standard InChI is InChI=1S/C21H28FN3O2/c1-24(19-11-17-8-9-18(12-19)23-17)20(26)15-3-2-10-25(13-15)21(27)14-4-6-16(22)7-5-14/h4-7,15,17-19,23H,2-3,8-13H2,1H3. The number of nitrogens with zero attached hydrogens (tertiary/aromatic N) is 2. The molecule has 0 radical (unpaired) electrons. The zero-order valence-electron chi connectivity index (χ0n) is 15.9. The van der Waals surface area contributed by atoms with Crippen molar-refractivity contribution in [2.24, 2.45) is 5.92 Å². The molecule has 0 spiro atoms. The average molecular weight is 373 g/mol. The first-order valence-electron chi connectivity index (χ1n) is 10.1. The molecule has 1 aromatic carbocycles. The molecule has 0 saturated carbocycles. The summed E-state index contributed by atoms with van der Waals surface area (Å²) in [5.74, 6) is -0.440. The minimum atomic E-state index is -0.351. The molecule has 146 valence electrons. The highest BCUT2D eigenvalue weighted by Gasteiger charge is 2.38. The summed E-state index contributed by atoms with van der Waals surface area (Å²) in [6, 6.07) is 7.04. The Balaban J connectivity index is 1.39. The molecule has 3 aliphatic heterocycles. The summed E-state index contributed by atoms with van der Waals surface area (Å²) in [5, 5.41) is 3.62. The van der Waals surface area contributed by atoms with Gasteiger partial charge < -0.3 is 15.1 Å². The minimum absolute atomic E-state index is 0.116. The van der Waals surface area contributed by atoms with E-state index in [0.717, 1.165) is 25.7 Å². The summed E-state index contributed by atoms with van der Waals surface area (Å²) in [4.78, 5) is 29.5. The first kappa shape index (κ1) is 18.4. The second kappa shape index (κ2) is 7.58. The van der Waals surface area contributed by atoms with Gasteiger partial charge in [-0.1, -0.05) is 0 Å². The van der Waals surface area contributed by atoms with Crippen LogP contribution in [0.3, 0.4) is 0 Å². The monoisotopic (exact) mass is 373 g/mol. The van der Waals surface area contributed by atoms with Crippen LogP contribution >= 0.6 is 0 Å². The highest BCUT2D eigenvalue weighted by atomic mass is 19.1. The van der Waals surface area contributed by atoms with Crippen LogP contribution in [0.25, 0.3) is 0 Å². The Morgan fingerprint density at radius 3 is 2.44 bits per heavy atom. The molecule has 4 rings (SSSR count). The van der Waals surface area contributed by atoms with Gasteiger partial charge in [0.15, 0.2) is 0 Å². The molecule has 1 N–H and O–H groups in total. The highest BCUT2D eigenvalue weighted by Crippen LogP contribution is 2.30. The summed E-state index contributed by atoms with van der Waals surface area (Å²) in [6.45, 7) is 1.11. The minimum Gasteiger partial charge on any atom is -0.342 e. The van der Waals surface area contributed by atoms with Crippen LogP contribution in [-0.2, 0) is 4.79 Å². The van der Waals surface area contributed by atoms with Crippen LogP contribution in [0.2, 0.25) is 0 Å². The molecule has 1 aromatic rings. The number of piperidine rings is 2. The number of likely N-dealkylation sites (tertiary alicyclic amines) is 1. The Morgan fingerprint density at radius 1 is 1.11 bits per heavy atom. The fraction of sp³-hybridized carbons (Fsp3) is 0.619. The summed E-state index contributed by atoms with van der Waals surface area (Å²) >= 11 is 0. The third-order valence-electron chi connectivity index (χ3n) is 6.49. The van der Waals surface area contributed by atoms with E-state index in [2.05, 4.69) is 5.32 Å². The van der Waals surface area contributed by atoms with Gasteiger partial charge in [0.25, 0.3) is 5.91 Å². The van der Waals surface area contributed by atoms with E-state index in [9.17, 15) is 14.0 Å². The van der Waals surface area contributed by atoms with E-state index in [1.165, 1.54) is 37.1 Å². The average Bonchev–Trinajstić information content (AvgIpc) is 3.04. The van der Waals surface area contributed by atoms with Crippen LogP contribution in [0.5, 0.6) is 0 Å². The van der Waals surface area contributed by atoms with Crippen LogP contribution in [-0.4, -0.2) is 59.9 Å². The number of carbonyl (C=O) groups is 2. The van der Waals surface area contributed by atoms with Crippen LogP contribution in [0.1, 0.15) is 48.9 Å². The van der Waals surface area contributed by atoms with E-state index in [1.54, 1.807) is 4.90 Å². The maximum absolute atomic E-state index is 13.1. The number of fused-ring (bicyclic) bond motifs is 2. The first-order chi connectivity index (χ1) is 13.0. The van der Waals surface area contributed by atoms with E-state index in [1.807, 2.05) is 11.9 Å². The second-order valence-corrected chi connectivity index (χ2v) is 8.31. The molecule has 3 fully saturated rings. The predicted molar refractivity (Wildman–Crippen MR) is 101 cm³/mol. The maximum Gasteiger partial charge on any atom is 0.253 e. The largest absolute Gasteiger partial charge is 0.342 e. The number of halogens is 1. The van der Waals surface area contributed by atoms with Crippen molar-refractivity contribution in [2.45, 2.75) is 56.7 Å². The fourth-order valence-corrected chi connectivity index (χ4v) is 4.95. The van der Waals surface area contributed by atoms with E-state index in [0.29, 0.717) is 36.8 Å². The molecular formula is C21H28FN3O2. The van der Waals surface area contributed by atoms with Gasteiger partial charge in [-0.05, 0) is 62.8 Å². The van der Waals surface area contributed by atoms with Gasteiger partial charge in [0, 0.05) is 43.8 Å². The molecule has 6 heteroatoms. The van der Waals surface area contributed by atoms with Gasteiger partial charge in [0.1, 0.15) is 5.82 Å². The van der Waals surface area contributed by atoms with Crippen LogP contribution in [0.15, 0.2) is 24.3 Å². The van der Waals surface area contributed by atoms with E-state index < -0.39 is 0 Å². The second-order valence-electron chi connectivity index (χ2n) is 8.31. The Morgan fingerprint density at radius 2 is 1.78 bits per heavy atom. The highest BCUT2D eigenvalue weighted by molar-refractivity contribution is 5.94. The number of benzene rings is 1. The molecule has 3 atom stereocenters. The number of rotatable bonds is 3. The van der Waals surface area contributed by atoms with E-state index >= 15 is 0 Å². The van der Waals surface area contributed by atoms with Gasteiger partial charge >= 0.3 is 0 Å². The van der Waals surface area contributed by atoms with Crippen molar-refractivity contribution in [1.29, 1.82) is 0 Å². The Labute approximate surface area is 159 Å². The van der Waals surface area contributed by atoms with Gasteiger partial charge in [0.2, 0.25) is 5.91 Å². The quantitative estimate of drug-likeness (QED) is 0.885. The molecule has 3 heterocycles. The van der Waals surface area contributed by atoms with Crippen LogP contribution < -0.4 is 5.32 Å². The first-order valence-corrected chi connectivity index (χ1v) is 10.1. The van der Waals surface area contributed by atoms with Crippen molar-refractivity contribution in [3.63, 3.8) is 0 Å². The van der Waals surface area contributed by atoms with Gasteiger partial charge in [-0.15, -0.1) is 0 Å². The zero-order valence-corrected chi connectivity index (χ0v) is 15.9. The lowest BCUT2D eigenvalue weighted by molar-refractivity contribution is -0.138. The van der Waals surface area contributed by atoms with Crippen molar-refractivity contribution >= 4 is 11.8 Å². The third-order valence-corrected chi connectivity index (χ3v) is 6.49. The Hall–Kier alpha value is -1.95. The molecule has 3 saturated heterocycles. The van der Waals surface area contributed by atoms with Gasteiger partial charge in [-0.2, -0.15) is 0 Å². The number of hydrogen-bond donors (Lipinski definition) is 1. The zero-order chi connectivity index (χ0) is 19.0. The Kier molecular flexibility index (Phi) is 5.17. The number of hydrogen-bond acceptors (Lipinski definition) is 3. The smallest absolute Gasteiger partial charge is 0.253 e. The molecule has 0 aliphatic carbocycles. The SMILES string of the molecule is CN(C(=O)C1CCCN(C(=O)c2ccc(F)cc2)C1)C1CC2CCC(C1)N2. The summed E-state index contributed by atoms with van der Waals surface area (Å²) in [6.07, 6.45) is 6.15. The predicted octanol–water partition coefficient (Wildman–Crippen LogP) is 2.42. The normalized spacial score (nSPS) is 30.2. The Bertz CT molecular complexity index is 696. The van der Waals surface area contributed by atoms with E-state index in [-0.39, 0.29) is 23.5 Å². The van der Waals surface area contributed by atoms with Gasteiger partial charge in [0.05, 0.1) is 5.92 Å². The number of amides is 2. The lowest BCUT2D eigenvalue weighted by Crippen LogP contribution is -2.52. The molecule has 27 heavy (non-hydrogen) atoms.